The number of hydrogen-bond acceptors (Lipinski definition) is 4. The summed E-state index contributed by atoms with van der Waals surface area (Å²) in [5.74, 6) is -0.918. The van der Waals surface area contributed by atoms with Crippen molar-refractivity contribution in [3.05, 3.63) is 34.5 Å². The van der Waals surface area contributed by atoms with Crippen molar-refractivity contribution in [1.29, 1.82) is 0 Å². The van der Waals surface area contributed by atoms with Crippen molar-refractivity contribution in [2.75, 3.05) is 6.26 Å². The molecule has 0 amide bonds. The predicted molar refractivity (Wildman–Crippen MR) is 62.3 cm³/mol. The second kappa shape index (κ2) is 6.41. The molecule has 0 saturated heterocycles. The first-order chi connectivity index (χ1) is 7.20. The Bertz CT molecular complexity index is 436. The highest BCUT2D eigenvalue weighted by molar-refractivity contribution is 7.85. The van der Waals surface area contributed by atoms with Gasteiger partial charge in [0.05, 0.1) is 6.26 Å². The first-order valence-electron chi connectivity index (χ1n) is 4.06. The molecule has 0 saturated carbocycles. The number of carboxylic acids is 1. The van der Waals surface area contributed by atoms with Gasteiger partial charge in [-0.25, -0.2) is 4.79 Å². The Morgan fingerprint density at radius 3 is 2.38 bits per heavy atom. The van der Waals surface area contributed by atoms with E-state index in [1.807, 2.05) is 17.5 Å². The van der Waals surface area contributed by atoms with Gasteiger partial charge in [0.25, 0.3) is 10.1 Å². The Labute approximate surface area is 97.8 Å². The maximum absolute atomic E-state index is 10.3. The number of hydrogen-bond donors (Lipinski definition) is 2. The number of aliphatic carboxylic acids is 1. The van der Waals surface area contributed by atoms with Crippen molar-refractivity contribution in [3.8, 4) is 0 Å². The molecule has 0 fully saturated rings. The van der Waals surface area contributed by atoms with Crippen LogP contribution in [0.25, 0.3) is 0 Å². The van der Waals surface area contributed by atoms with Crippen LogP contribution in [-0.4, -0.2) is 30.3 Å². The molecular formula is C9H12O5S2. The smallest absolute Gasteiger partial charge is 0.331 e. The largest absolute Gasteiger partial charge is 0.478 e. The van der Waals surface area contributed by atoms with Gasteiger partial charge in [-0.3, -0.25) is 4.55 Å². The molecule has 1 aromatic rings. The lowest BCUT2D eigenvalue weighted by molar-refractivity contribution is -0.132. The van der Waals surface area contributed by atoms with E-state index >= 15 is 0 Å². The summed E-state index contributed by atoms with van der Waals surface area (Å²) in [6.07, 6.45) is 1.17. The van der Waals surface area contributed by atoms with Gasteiger partial charge in [-0.15, -0.1) is 11.3 Å². The molecule has 0 unspecified atom stereocenters. The third-order valence-corrected chi connectivity index (χ3v) is 2.15. The quantitative estimate of drug-likeness (QED) is 0.636. The van der Waals surface area contributed by atoms with Gasteiger partial charge < -0.3 is 5.11 Å². The standard InChI is InChI=1S/C8H8O2S.CH4O3S/c1-6(8(9)10)5-7-3-2-4-11-7;1-5(2,3)4/h2-4H,1,5H2,(H,9,10);1H3,(H,2,3,4). The molecule has 0 atom stereocenters. The summed E-state index contributed by atoms with van der Waals surface area (Å²) in [6.45, 7) is 3.44. The lowest BCUT2D eigenvalue weighted by Gasteiger charge is -1.94. The summed E-state index contributed by atoms with van der Waals surface area (Å²) in [6, 6.07) is 3.80. The molecular weight excluding hydrogens is 252 g/mol. The third kappa shape index (κ3) is 9.38. The SMILES string of the molecule is C=C(Cc1cccs1)C(=O)O.CS(=O)(=O)O. The van der Waals surface area contributed by atoms with Gasteiger partial charge in [0, 0.05) is 16.9 Å². The van der Waals surface area contributed by atoms with E-state index in [1.165, 1.54) is 0 Å². The Morgan fingerprint density at radius 1 is 1.56 bits per heavy atom. The maximum Gasteiger partial charge on any atom is 0.331 e. The maximum atomic E-state index is 10.3. The number of rotatable bonds is 3. The van der Waals surface area contributed by atoms with Crippen LogP contribution in [0.3, 0.4) is 0 Å². The van der Waals surface area contributed by atoms with Crippen LogP contribution in [0.1, 0.15) is 4.88 Å². The molecule has 5 nitrogen and oxygen atoms in total. The van der Waals surface area contributed by atoms with Crippen molar-refractivity contribution in [1.82, 2.24) is 0 Å². The van der Waals surface area contributed by atoms with Crippen molar-refractivity contribution in [3.63, 3.8) is 0 Å². The summed E-state index contributed by atoms with van der Waals surface area (Å²) in [7, 11) is -3.67. The summed E-state index contributed by atoms with van der Waals surface area (Å²) in [4.78, 5) is 11.4. The Hall–Kier alpha value is -1.18. The number of carboxylic acid groups (broad SMARTS) is 1. The van der Waals surface area contributed by atoms with Gasteiger partial charge in [0.15, 0.2) is 0 Å². The average Bonchev–Trinajstić information content (AvgIpc) is 2.53. The van der Waals surface area contributed by atoms with E-state index in [9.17, 15) is 13.2 Å². The van der Waals surface area contributed by atoms with E-state index in [1.54, 1.807) is 11.3 Å². The van der Waals surface area contributed by atoms with E-state index in [4.69, 9.17) is 9.66 Å². The first kappa shape index (κ1) is 14.8. The molecule has 1 aromatic heterocycles. The van der Waals surface area contributed by atoms with E-state index < -0.39 is 16.1 Å². The van der Waals surface area contributed by atoms with Crippen LogP contribution in [0.5, 0.6) is 0 Å². The molecule has 0 aromatic carbocycles. The van der Waals surface area contributed by atoms with E-state index in [0.717, 1.165) is 4.88 Å². The van der Waals surface area contributed by atoms with Crippen LogP contribution >= 0.6 is 11.3 Å². The first-order valence-corrected chi connectivity index (χ1v) is 6.79. The van der Waals surface area contributed by atoms with Crippen LogP contribution in [0.4, 0.5) is 0 Å². The second-order valence-corrected chi connectivity index (χ2v) is 5.40. The van der Waals surface area contributed by atoms with Crippen LogP contribution in [0, 0.1) is 0 Å². The van der Waals surface area contributed by atoms with Gasteiger partial charge >= 0.3 is 5.97 Å². The van der Waals surface area contributed by atoms with Gasteiger partial charge in [-0.2, -0.15) is 8.42 Å². The zero-order valence-electron chi connectivity index (χ0n) is 8.58. The Kier molecular flexibility index (Phi) is 5.94. The minimum Gasteiger partial charge on any atom is -0.478 e. The minimum atomic E-state index is -3.67. The molecule has 7 heteroatoms. The van der Waals surface area contributed by atoms with Crippen molar-refractivity contribution < 1.29 is 22.9 Å². The van der Waals surface area contributed by atoms with Crippen molar-refractivity contribution in [2.24, 2.45) is 0 Å². The number of carbonyl (C=O) groups is 1. The van der Waals surface area contributed by atoms with Crippen LogP contribution in [0.2, 0.25) is 0 Å². The van der Waals surface area contributed by atoms with Crippen molar-refractivity contribution in [2.45, 2.75) is 6.42 Å². The molecule has 0 aliphatic heterocycles. The fourth-order valence-electron chi connectivity index (χ4n) is 0.699. The van der Waals surface area contributed by atoms with Crippen LogP contribution in [-0.2, 0) is 21.3 Å². The highest BCUT2D eigenvalue weighted by Gasteiger charge is 2.04. The predicted octanol–water partition coefficient (Wildman–Crippen LogP) is 1.44. The van der Waals surface area contributed by atoms with Gasteiger partial charge in [0.2, 0.25) is 0 Å². The summed E-state index contributed by atoms with van der Waals surface area (Å²) in [5, 5.41) is 10.4. The molecule has 0 radical (unpaired) electrons. The summed E-state index contributed by atoms with van der Waals surface area (Å²) < 4.78 is 25.9. The topological polar surface area (TPSA) is 91.7 Å². The van der Waals surface area contributed by atoms with Crippen LogP contribution < -0.4 is 0 Å². The van der Waals surface area contributed by atoms with Crippen molar-refractivity contribution >= 4 is 27.4 Å². The second-order valence-electron chi connectivity index (χ2n) is 2.90. The normalized spacial score (nSPS) is 10.1. The molecule has 0 spiro atoms. The lowest BCUT2D eigenvalue weighted by atomic mass is 10.2. The highest BCUT2D eigenvalue weighted by Crippen LogP contribution is 2.12. The minimum absolute atomic E-state index is 0.243. The molecule has 2 N–H and O–H groups in total. The molecule has 16 heavy (non-hydrogen) atoms. The van der Waals surface area contributed by atoms with E-state index in [2.05, 4.69) is 6.58 Å². The number of thiophene rings is 1. The average molecular weight is 264 g/mol. The van der Waals surface area contributed by atoms with Gasteiger partial charge in [-0.05, 0) is 11.4 Å². The summed E-state index contributed by atoms with van der Waals surface area (Å²) in [5.41, 5.74) is 0.243. The molecule has 1 rings (SSSR count). The van der Waals surface area contributed by atoms with Crippen LogP contribution in [0.15, 0.2) is 29.7 Å². The molecule has 0 bridgehead atoms. The highest BCUT2D eigenvalue weighted by atomic mass is 32.2. The van der Waals surface area contributed by atoms with Gasteiger partial charge in [-0.1, -0.05) is 12.6 Å². The Morgan fingerprint density at radius 2 is 2.06 bits per heavy atom. The fraction of sp³-hybridized carbons (Fsp3) is 0.222. The zero-order valence-corrected chi connectivity index (χ0v) is 10.2. The molecule has 0 aliphatic carbocycles. The zero-order chi connectivity index (χ0) is 12.8. The van der Waals surface area contributed by atoms with E-state index in [-0.39, 0.29) is 5.57 Å². The summed E-state index contributed by atoms with van der Waals surface area (Å²) >= 11 is 1.54. The molecule has 90 valence electrons. The molecule has 1 heterocycles. The monoisotopic (exact) mass is 264 g/mol. The fourth-order valence-corrected chi connectivity index (χ4v) is 1.45. The van der Waals surface area contributed by atoms with E-state index in [0.29, 0.717) is 12.7 Å². The lowest BCUT2D eigenvalue weighted by Crippen LogP contribution is -2.00. The Balaban J connectivity index is 0.000000385. The molecule has 0 aliphatic rings. The third-order valence-electron chi connectivity index (χ3n) is 1.27. The van der Waals surface area contributed by atoms with Gasteiger partial charge in [0.1, 0.15) is 0 Å².